The maximum absolute atomic E-state index is 11.0. The van der Waals surface area contributed by atoms with Gasteiger partial charge in [-0.05, 0) is 36.4 Å². The van der Waals surface area contributed by atoms with Gasteiger partial charge in [-0.1, -0.05) is 0 Å². The fourth-order valence-electron chi connectivity index (χ4n) is 1.50. The quantitative estimate of drug-likeness (QED) is 0.831. The number of benzene rings is 1. The van der Waals surface area contributed by atoms with Crippen molar-refractivity contribution in [2.45, 2.75) is 0 Å². The molecule has 0 aliphatic rings. The number of nitrogens with one attached hydrogen (secondary N) is 2. The average molecular weight is 264 g/mol. The van der Waals surface area contributed by atoms with Crippen LogP contribution in [0.2, 0.25) is 0 Å². The first kappa shape index (κ1) is 12.4. The Bertz CT molecular complexity index is 657. The molecule has 0 aliphatic heterocycles. The molecule has 18 heavy (non-hydrogen) atoms. The van der Waals surface area contributed by atoms with Crippen LogP contribution >= 0.6 is 0 Å². The molecule has 0 unspecified atom stereocenters. The first-order valence-corrected chi connectivity index (χ1v) is 7.05. The van der Waals surface area contributed by atoms with E-state index in [4.69, 9.17) is 9.83 Å². The second-order valence-electron chi connectivity index (χ2n) is 3.80. The number of anilines is 1. The first-order chi connectivity index (χ1) is 8.48. The van der Waals surface area contributed by atoms with Crippen LogP contribution in [0.3, 0.4) is 0 Å². The Kier molecular flexibility index (Phi) is 3.20. The van der Waals surface area contributed by atoms with Gasteiger partial charge < -0.3 is 9.83 Å². The van der Waals surface area contributed by atoms with Crippen molar-refractivity contribution in [2.75, 3.05) is 11.0 Å². The van der Waals surface area contributed by atoms with Crippen molar-refractivity contribution in [1.82, 2.24) is 0 Å². The molecule has 0 bridgehead atoms. The van der Waals surface area contributed by atoms with E-state index in [0.717, 1.165) is 18.0 Å². The maximum atomic E-state index is 11.0. The van der Waals surface area contributed by atoms with E-state index in [-0.39, 0.29) is 0 Å². The molecular weight excluding hydrogens is 252 g/mol. The third-order valence-electron chi connectivity index (χ3n) is 2.24. The highest BCUT2D eigenvalue weighted by Gasteiger charge is 2.05. The fourth-order valence-corrected chi connectivity index (χ4v) is 2.07. The molecule has 2 rings (SSSR count). The van der Waals surface area contributed by atoms with Crippen molar-refractivity contribution in [2.24, 2.45) is 0 Å². The molecule has 0 radical (unpaired) electrons. The maximum Gasteiger partial charge on any atom is 0.229 e. The van der Waals surface area contributed by atoms with Crippen LogP contribution in [0.5, 0.6) is 0 Å². The van der Waals surface area contributed by atoms with E-state index in [2.05, 4.69) is 4.72 Å². The minimum atomic E-state index is -3.26. The summed E-state index contributed by atoms with van der Waals surface area (Å²) in [6.07, 6.45) is 2.23. The summed E-state index contributed by atoms with van der Waals surface area (Å²) in [5, 5.41) is 7.06. The van der Waals surface area contributed by atoms with Crippen molar-refractivity contribution in [3.8, 4) is 11.3 Å². The lowest BCUT2D eigenvalue weighted by Crippen LogP contribution is -2.09. The zero-order valence-corrected chi connectivity index (χ0v) is 10.5. The van der Waals surface area contributed by atoms with E-state index < -0.39 is 10.0 Å². The summed E-state index contributed by atoms with van der Waals surface area (Å²) in [6.45, 7) is 0. The largest absolute Gasteiger partial charge is 0.455 e. The molecule has 0 spiro atoms. The van der Waals surface area contributed by atoms with Gasteiger partial charge in [-0.3, -0.25) is 4.72 Å². The van der Waals surface area contributed by atoms with Crippen LogP contribution < -0.4 is 4.72 Å². The predicted molar refractivity (Wildman–Crippen MR) is 70.5 cm³/mol. The highest BCUT2D eigenvalue weighted by atomic mass is 32.2. The molecule has 0 atom stereocenters. The second kappa shape index (κ2) is 4.66. The van der Waals surface area contributed by atoms with Crippen molar-refractivity contribution in [3.05, 3.63) is 42.2 Å². The van der Waals surface area contributed by atoms with Gasteiger partial charge in [0.25, 0.3) is 0 Å². The molecule has 2 N–H and O–H groups in total. The molecule has 1 aromatic carbocycles. The van der Waals surface area contributed by atoms with E-state index in [0.29, 0.717) is 17.2 Å². The van der Waals surface area contributed by atoms with Crippen LogP contribution in [0.15, 0.2) is 40.8 Å². The Balaban J connectivity index is 2.24. The monoisotopic (exact) mass is 264 g/mol. The number of hydrogen-bond acceptors (Lipinski definition) is 4. The molecule has 1 heterocycles. The molecule has 2 aromatic rings. The summed E-state index contributed by atoms with van der Waals surface area (Å²) in [5.41, 5.74) is 1.32. The molecule has 0 aliphatic carbocycles. The number of rotatable bonds is 4. The molecule has 94 valence electrons. The average Bonchev–Trinajstić information content (AvgIpc) is 2.76. The van der Waals surface area contributed by atoms with Crippen LogP contribution in [-0.2, 0) is 10.0 Å². The standard InChI is InChI=1S/C12H12N2O3S/c1-18(15,16)14-10-4-2-9(3-5-10)12-7-6-11(8-13)17-12/h2-8,13-14H,1H3. The predicted octanol–water partition coefficient (Wildman–Crippen LogP) is 2.32. The second-order valence-corrected chi connectivity index (χ2v) is 5.55. The smallest absolute Gasteiger partial charge is 0.229 e. The van der Waals surface area contributed by atoms with E-state index in [1.807, 2.05) is 0 Å². The molecule has 6 heteroatoms. The minimum Gasteiger partial charge on any atom is -0.455 e. The SMILES string of the molecule is CS(=O)(=O)Nc1ccc(-c2ccc(C=N)o2)cc1. The molecule has 0 fully saturated rings. The zero-order chi connectivity index (χ0) is 13.2. The van der Waals surface area contributed by atoms with Gasteiger partial charge in [0, 0.05) is 11.3 Å². The van der Waals surface area contributed by atoms with Gasteiger partial charge >= 0.3 is 0 Å². The zero-order valence-electron chi connectivity index (χ0n) is 9.67. The summed E-state index contributed by atoms with van der Waals surface area (Å²) in [4.78, 5) is 0. The summed E-state index contributed by atoms with van der Waals surface area (Å²) in [7, 11) is -3.26. The van der Waals surface area contributed by atoms with Crippen LogP contribution in [0.1, 0.15) is 5.76 Å². The highest BCUT2D eigenvalue weighted by Crippen LogP contribution is 2.23. The number of sulfonamides is 1. The highest BCUT2D eigenvalue weighted by molar-refractivity contribution is 7.92. The van der Waals surface area contributed by atoms with E-state index >= 15 is 0 Å². The number of hydrogen-bond donors (Lipinski definition) is 2. The van der Waals surface area contributed by atoms with Gasteiger partial charge in [-0.15, -0.1) is 0 Å². The van der Waals surface area contributed by atoms with Gasteiger partial charge in [-0.25, -0.2) is 8.42 Å². The van der Waals surface area contributed by atoms with Crippen molar-refractivity contribution < 1.29 is 12.8 Å². The Morgan fingerprint density at radius 2 is 1.83 bits per heavy atom. The third kappa shape index (κ3) is 2.98. The molecule has 1 aromatic heterocycles. The topological polar surface area (TPSA) is 83.2 Å². The molecule has 0 saturated heterocycles. The Morgan fingerprint density at radius 3 is 2.33 bits per heavy atom. The Labute approximate surface area is 105 Å². The lowest BCUT2D eigenvalue weighted by molar-refractivity contribution is 0.574. The van der Waals surface area contributed by atoms with Crippen LogP contribution in [-0.4, -0.2) is 20.9 Å². The molecule has 0 amide bonds. The first-order valence-electron chi connectivity index (χ1n) is 5.16. The Morgan fingerprint density at radius 1 is 1.17 bits per heavy atom. The molecule has 5 nitrogen and oxygen atoms in total. The van der Waals surface area contributed by atoms with Gasteiger partial charge in [0.15, 0.2) is 0 Å². The molecule has 0 saturated carbocycles. The van der Waals surface area contributed by atoms with Gasteiger partial charge in [0.1, 0.15) is 11.5 Å². The van der Waals surface area contributed by atoms with Crippen molar-refractivity contribution in [1.29, 1.82) is 5.41 Å². The van der Waals surface area contributed by atoms with Gasteiger partial charge in [0.2, 0.25) is 10.0 Å². The summed E-state index contributed by atoms with van der Waals surface area (Å²) in [6, 6.07) is 10.3. The van der Waals surface area contributed by atoms with Gasteiger partial charge in [0.05, 0.1) is 12.5 Å². The minimum absolute atomic E-state index is 0.475. The normalized spacial score (nSPS) is 11.2. The van der Waals surface area contributed by atoms with E-state index in [1.54, 1.807) is 36.4 Å². The van der Waals surface area contributed by atoms with Crippen LogP contribution in [0.4, 0.5) is 5.69 Å². The van der Waals surface area contributed by atoms with E-state index in [1.165, 1.54) is 0 Å². The van der Waals surface area contributed by atoms with Crippen molar-refractivity contribution >= 4 is 21.9 Å². The van der Waals surface area contributed by atoms with Gasteiger partial charge in [-0.2, -0.15) is 0 Å². The summed E-state index contributed by atoms with van der Waals surface area (Å²) < 4.78 is 29.8. The Hall–Kier alpha value is -2.08. The summed E-state index contributed by atoms with van der Waals surface area (Å²) in [5.74, 6) is 1.11. The molecular formula is C12H12N2O3S. The fraction of sp³-hybridized carbons (Fsp3) is 0.0833. The third-order valence-corrected chi connectivity index (χ3v) is 2.85. The van der Waals surface area contributed by atoms with Crippen LogP contribution in [0.25, 0.3) is 11.3 Å². The van der Waals surface area contributed by atoms with Crippen LogP contribution in [0, 0.1) is 5.41 Å². The van der Waals surface area contributed by atoms with Crippen molar-refractivity contribution in [3.63, 3.8) is 0 Å². The van der Waals surface area contributed by atoms with E-state index in [9.17, 15) is 8.42 Å². The number of furan rings is 1. The lowest BCUT2D eigenvalue weighted by Gasteiger charge is -2.04. The lowest BCUT2D eigenvalue weighted by atomic mass is 10.1. The summed E-state index contributed by atoms with van der Waals surface area (Å²) >= 11 is 0.